The number of ketones is 1. The summed E-state index contributed by atoms with van der Waals surface area (Å²) in [5, 5.41) is 12.0. The second-order valence-corrected chi connectivity index (χ2v) is 7.92. The van der Waals surface area contributed by atoms with Crippen molar-refractivity contribution in [2.24, 2.45) is 0 Å². The van der Waals surface area contributed by atoms with Crippen molar-refractivity contribution in [1.29, 1.82) is 0 Å². The van der Waals surface area contributed by atoms with Crippen LogP contribution in [-0.4, -0.2) is 26.7 Å². The number of para-hydroxylation sites is 1. The Morgan fingerprint density at radius 2 is 1.84 bits per heavy atom. The first-order valence-electron chi connectivity index (χ1n) is 9.94. The molecule has 1 aliphatic heterocycles. The number of nitrogens with zero attached hydrogens (tertiary/aromatic N) is 2. The van der Waals surface area contributed by atoms with Crippen molar-refractivity contribution < 1.29 is 19.1 Å². The average molecular weight is 445 g/mol. The number of pyridine rings is 1. The molecular formula is C25H17ClN2O4. The van der Waals surface area contributed by atoms with Crippen molar-refractivity contribution in [1.82, 2.24) is 9.88 Å². The molecule has 1 N–H and O–H groups in total. The summed E-state index contributed by atoms with van der Waals surface area (Å²) in [6.07, 6.45) is 3.25. The van der Waals surface area contributed by atoms with Gasteiger partial charge in [-0.3, -0.25) is 14.6 Å². The molecule has 5 rings (SSSR count). The Bertz CT molecular complexity index is 1340. The van der Waals surface area contributed by atoms with E-state index in [1.165, 1.54) is 4.90 Å². The molecule has 0 spiro atoms. The quantitative estimate of drug-likeness (QED) is 0.424. The first-order valence-corrected chi connectivity index (χ1v) is 10.3. The van der Waals surface area contributed by atoms with Crippen LogP contribution in [0.25, 0.3) is 11.0 Å². The fourth-order valence-electron chi connectivity index (χ4n) is 3.98. The number of aliphatic hydroxyl groups excluding tert-OH is 1. The van der Waals surface area contributed by atoms with E-state index in [0.717, 1.165) is 10.9 Å². The molecule has 32 heavy (non-hydrogen) atoms. The Labute approximate surface area is 188 Å². The maximum atomic E-state index is 13.5. The van der Waals surface area contributed by atoms with Crippen LogP contribution < -0.4 is 0 Å². The Kier molecular flexibility index (Phi) is 4.99. The zero-order chi connectivity index (χ0) is 22.2. The number of rotatable bonds is 5. The average Bonchev–Trinajstić information content (AvgIpc) is 3.34. The lowest BCUT2D eigenvalue weighted by Gasteiger charge is -2.27. The third kappa shape index (κ3) is 3.44. The maximum absolute atomic E-state index is 13.5. The van der Waals surface area contributed by atoms with Gasteiger partial charge in [-0.1, -0.05) is 41.9 Å². The summed E-state index contributed by atoms with van der Waals surface area (Å²) in [4.78, 5) is 32.0. The molecule has 3 heterocycles. The predicted molar refractivity (Wildman–Crippen MR) is 119 cm³/mol. The molecule has 0 radical (unpaired) electrons. The number of aromatic nitrogens is 1. The number of carbonyl (C=O) groups is 2. The van der Waals surface area contributed by atoms with Crippen LogP contribution in [0.15, 0.2) is 94.9 Å². The molecule has 1 aliphatic rings. The molecule has 0 aliphatic carbocycles. The van der Waals surface area contributed by atoms with Gasteiger partial charge in [0.15, 0.2) is 11.5 Å². The molecule has 1 unspecified atom stereocenters. The van der Waals surface area contributed by atoms with Crippen LogP contribution in [0.3, 0.4) is 0 Å². The predicted octanol–water partition coefficient (Wildman–Crippen LogP) is 5.26. The maximum Gasteiger partial charge on any atom is 0.290 e. The SMILES string of the molecule is O=C(C1=C(O)C(=O)N(Cc2ccncc2)C1c1cccc(Cl)c1)c1cc2ccccc2o1. The second-order valence-electron chi connectivity index (χ2n) is 7.49. The highest BCUT2D eigenvalue weighted by molar-refractivity contribution is 6.30. The summed E-state index contributed by atoms with van der Waals surface area (Å²) >= 11 is 6.21. The van der Waals surface area contributed by atoms with Gasteiger partial charge in [-0.05, 0) is 47.5 Å². The van der Waals surface area contributed by atoms with Crippen LogP contribution in [0.5, 0.6) is 0 Å². The Morgan fingerprint density at radius 3 is 2.59 bits per heavy atom. The van der Waals surface area contributed by atoms with Crippen molar-refractivity contribution in [2.75, 3.05) is 0 Å². The number of hydrogen-bond acceptors (Lipinski definition) is 5. The van der Waals surface area contributed by atoms with Crippen molar-refractivity contribution >= 4 is 34.3 Å². The van der Waals surface area contributed by atoms with Gasteiger partial charge in [0.1, 0.15) is 5.58 Å². The van der Waals surface area contributed by atoms with Gasteiger partial charge in [-0.25, -0.2) is 0 Å². The number of hydrogen-bond donors (Lipinski definition) is 1. The molecule has 2 aromatic carbocycles. The van der Waals surface area contributed by atoms with Crippen LogP contribution in [0.4, 0.5) is 0 Å². The fourth-order valence-corrected chi connectivity index (χ4v) is 4.18. The number of benzene rings is 2. The highest BCUT2D eigenvalue weighted by atomic mass is 35.5. The Balaban J connectivity index is 1.61. The molecule has 4 aromatic rings. The van der Waals surface area contributed by atoms with Crippen molar-refractivity contribution in [2.45, 2.75) is 12.6 Å². The van der Waals surface area contributed by atoms with Crippen LogP contribution in [-0.2, 0) is 11.3 Å². The van der Waals surface area contributed by atoms with Gasteiger partial charge >= 0.3 is 0 Å². The summed E-state index contributed by atoms with van der Waals surface area (Å²) in [5.41, 5.74) is 1.94. The van der Waals surface area contributed by atoms with E-state index < -0.39 is 23.5 Å². The fraction of sp³-hybridized carbons (Fsp3) is 0.0800. The highest BCUT2D eigenvalue weighted by Crippen LogP contribution is 2.41. The second kappa shape index (κ2) is 7.98. The Hall–Kier alpha value is -3.90. The minimum Gasteiger partial charge on any atom is -0.503 e. The van der Waals surface area contributed by atoms with Crippen LogP contribution in [0.2, 0.25) is 5.02 Å². The molecule has 1 atom stereocenters. The van der Waals surface area contributed by atoms with Crippen molar-refractivity contribution in [3.05, 3.63) is 112 Å². The topological polar surface area (TPSA) is 83.6 Å². The molecule has 7 heteroatoms. The van der Waals surface area contributed by atoms with Crippen molar-refractivity contribution in [3.63, 3.8) is 0 Å². The largest absolute Gasteiger partial charge is 0.503 e. The summed E-state index contributed by atoms with van der Waals surface area (Å²) in [6.45, 7) is 0.180. The highest BCUT2D eigenvalue weighted by Gasteiger charge is 2.44. The van der Waals surface area contributed by atoms with Gasteiger partial charge in [0, 0.05) is 29.3 Å². The number of amides is 1. The summed E-state index contributed by atoms with van der Waals surface area (Å²) in [6, 6.07) is 18.5. The number of Topliss-reactive ketones (excluding diaryl/α,β-unsaturated/α-hetero) is 1. The monoisotopic (exact) mass is 444 g/mol. The zero-order valence-electron chi connectivity index (χ0n) is 16.7. The number of aliphatic hydroxyl groups is 1. The van der Waals surface area contributed by atoms with Crippen LogP contribution >= 0.6 is 11.6 Å². The molecule has 0 bridgehead atoms. The standard InChI is InChI=1S/C25H17ClN2O4/c26-18-6-3-5-17(12-18)22-21(23(29)20-13-16-4-1-2-7-19(16)32-20)24(30)25(31)28(22)14-15-8-10-27-11-9-15/h1-13,22,30H,14H2. The first-order chi connectivity index (χ1) is 15.5. The first kappa shape index (κ1) is 20.0. The van der Waals surface area contributed by atoms with Gasteiger partial charge in [-0.2, -0.15) is 0 Å². The molecule has 0 saturated heterocycles. The minimum absolute atomic E-state index is 0.0367. The van der Waals surface area contributed by atoms with E-state index in [9.17, 15) is 14.7 Å². The van der Waals surface area contributed by atoms with E-state index in [4.69, 9.17) is 16.0 Å². The zero-order valence-corrected chi connectivity index (χ0v) is 17.5. The van der Waals surface area contributed by atoms with Crippen LogP contribution in [0.1, 0.15) is 27.7 Å². The lowest BCUT2D eigenvalue weighted by molar-refractivity contribution is -0.130. The lowest BCUT2D eigenvalue weighted by atomic mass is 9.95. The summed E-state index contributed by atoms with van der Waals surface area (Å²) in [5.74, 6) is -1.71. The van der Waals surface area contributed by atoms with Gasteiger partial charge in [0.05, 0.1) is 11.6 Å². The van der Waals surface area contributed by atoms with E-state index in [1.807, 2.05) is 12.1 Å². The molecule has 6 nitrogen and oxygen atoms in total. The van der Waals surface area contributed by atoms with Gasteiger partial charge in [-0.15, -0.1) is 0 Å². The van der Waals surface area contributed by atoms with Gasteiger partial charge < -0.3 is 14.4 Å². The molecule has 0 fully saturated rings. The third-order valence-corrected chi connectivity index (χ3v) is 5.70. The van der Waals surface area contributed by atoms with Gasteiger partial charge in [0.2, 0.25) is 5.78 Å². The molecule has 158 valence electrons. The number of fused-ring (bicyclic) bond motifs is 1. The molecule has 1 amide bonds. The smallest absolute Gasteiger partial charge is 0.290 e. The van der Waals surface area contributed by atoms with Crippen LogP contribution in [0, 0.1) is 0 Å². The normalized spacial score (nSPS) is 16.2. The van der Waals surface area contributed by atoms with Crippen molar-refractivity contribution in [3.8, 4) is 0 Å². The molecule has 2 aromatic heterocycles. The number of halogens is 1. The third-order valence-electron chi connectivity index (χ3n) is 5.46. The molecule has 0 saturated carbocycles. The Morgan fingerprint density at radius 1 is 1.06 bits per heavy atom. The molecular weight excluding hydrogens is 428 g/mol. The van der Waals surface area contributed by atoms with E-state index >= 15 is 0 Å². The lowest BCUT2D eigenvalue weighted by Crippen LogP contribution is -2.30. The van der Waals surface area contributed by atoms with E-state index in [1.54, 1.807) is 67.0 Å². The number of furan rings is 1. The summed E-state index contributed by atoms with van der Waals surface area (Å²) < 4.78 is 5.73. The minimum atomic E-state index is -0.824. The van der Waals surface area contributed by atoms with E-state index in [2.05, 4.69) is 4.98 Å². The van der Waals surface area contributed by atoms with E-state index in [0.29, 0.717) is 16.2 Å². The van der Waals surface area contributed by atoms with E-state index in [-0.39, 0.29) is 17.9 Å². The van der Waals surface area contributed by atoms with Gasteiger partial charge in [0.25, 0.3) is 5.91 Å². The number of carbonyl (C=O) groups excluding carboxylic acids is 2. The summed E-state index contributed by atoms with van der Waals surface area (Å²) in [7, 11) is 0.